The molecule has 0 aromatic heterocycles. The van der Waals surface area contributed by atoms with Gasteiger partial charge in [-0.1, -0.05) is 18.2 Å². The zero-order valence-electron chi connectivity index (χ0n) is 13.7. The summed E-state index contributed by atoms with van der Waals surface area (Å²) >= 11 is 1.72. The molecule has 1 aromatic carbocycles. The molecule has 0 saturated heterocycles. The van der Waals surface area contributed by atoms with Crippen molar-refractivity contribution in [2.75, 3.05) is 18.6 Å². The zero-order chi connectivity index (χ0) is 18.0. The average molecular weight is 348 g/mol. The Morgan fingerprint density at radius 3 is 2.44 bits per heavy atom. The summed E-state index contributed by atoms with van der Waals surface area (Å²) in [6.07, 6.45) is 1.91. The van der Waals surface area contributed by atoms with Gasteiger partial charge in [0.25, 0.3) is 0 Å². The Kier molecular flexibility index (Phi) is 4.53. The van der Waals surface area contributed by atoms with Gasteiger partial charge >= 0.3 is 0 Å². The Hall–Kier alpha value is -2.75. The molecule has 3 rings (SSSR count). The first-order valence-corrected chi connectivity index (χ1v) is 9.01. The number of benzene rings is 1. The van der Waals surface area contributed by atoms with Crippen molar-refractivity contribution in [3.05, 3.63) is 41.5 Å². The number of nitriles is 3. The van der Waals surface area contributed by atoms with E-state index in [0.717, 1.165) is 22.8 Å². The predicted molar refractivity (Wildman–Crippen MR) is 95.1 cm³/mol. The lowest BCUT2D eigenvalue weighted by Gasteiger charge is -2.45. The van der Waals surface area contributed by atoms with Crippen LogP contribution in [0.15, 0.2) is 35.9 Å². The first kappa shape index (κ1) is 17.1. The maximum Gasteiger partial charge on any atom is 0.203 e. The highest BCUT2D eigenvalue weighted by Crippen LogP contribution is 2.53. The van der Waals surface area contributed by atoms with Crippen LogP contribution >= 0.6 is 11.8 Å². The quantitative estimate of drug-likeness (QED) is 0.826. The highest BCUT2D eigenvalue weighted by atomic mass is 32.2. The molecule has 0 bridgehead atoms. The third-order valence-electron chi connectivity index (χ3n) is 5.03. The molecule has 0 radical (unpaired) electrons. The molecule has 5 nitrogen and oxygen atoms in total. The fourth-order valence-corrected chi connectivity index (χ4v) is 4.86. The van der Waals surface area contributed by atoms with Gasteiger partial charge in [0.2, 0.25) is 5.41 Å². The maximum atomic E-state index is 9.75. The van der Waals surface area contributed by atoms with Gasteiger partial charge in [-0.05, 0) is 23.3 Å². The van der Waals surface area contributed by atoms with E-state index in [1.807, 2.05) is 42.5 Å². The van der Waals surface area contributed by atoms with E-state index in [9.17, 15) is 15.8 Å². The van der Waals surface area contributed by atoms with Crippen molar-refractivity contribution in [1.82, 2.24) is 0 Å². The van der Waals surface area contributed by atoms with E-state index in [4.69, 9.17) is 10.1 Å². The summed E-state index contributed by atoms with van der Waals surface area (Å²) in [6, 6.07) is 13.8. The van der Waals surface area contributed by atoms with Crippen LogP contribution in [0.1, 0.15) is 11.5 Å². The lowest BCUT2D eigenvalue weighted by Crippen LogP contribution is -2.48. The van der Waals surface area contributed by atoms with Crippen molar-refractivity contribution in [2.24, 2.45) is 17.3 Å². The van der Waals surface area contributed by atoms with E-state index in [0.29, 0.717) is 5.57 Å². The summed E-state index contributed by atoms with van der Waals surface area (Å²) in [4.78, 5) is 0. The molecule has 0 spiro atoms. The summed E-state index contributed by atoms with van der Waals surface area (Å²) < 4.78 is 5.20. The number of hydrogen-bond acceptors (Lipinski definition) is 6. The van der Waals surface area contributed by atoms with E-state index in [1.165, 1.54) is 0 Å². The number of methoxy groups -OCH3 is 1. The summed E-state index contributed by atoms with van der Waals surface area (Å²) in [7, 11) is 1.59. The number of allylic oxidation sites excluding steroid dienone is 1. The molecule has 1 unspecified atom stereocenters. The molecule has 124 valence electrons. The minimum absolute atomic E-state index is 0.102. The highest BCUT2D eigenvalue weighted by Gasteiger charge is 2.55. The fourth-order valence-electron chi connectivity index (χ4n) is 3.78. The van der Waals surface area contributed by atoms with E-state index in [-0.39, 0.29) is 17.5 Å². The van der Waals surface area contributed by atoms with E-state index in [2.05, 4.69) is 6.07 Å². The molecule has 1 aliphatic heterocycles. The normalized spacial score (nSPS) is 27.0. The molecule has 3 atom stereocenters. The summed E-state index contributed by atoms with van der Waals surface area (Å²) in [5.74, 6) is 1.03. The van der Waals surface area contributed by atoms with E-state index in [1.54, 1.807) is 18.9 Å². The zero-order valence-corrected chi connectivity index (χ0v) is 14.5. The van der Waals surface area contributed by atoms with Crippen LogP contribution < -0.4 is 4.74 Å². The average Bonchev–Trinajstić information content (AvgIpc) is 2.68. The van der Waals surface area contributed by atoms with Crippen LogP contribution in [0.3, 0.4) is 0 Å². The third-order valence-corrected chi connectivity index (χ3v) is 6.03. The molecule has 1 N–H and O–H groups in total. The standard InChI is InChI=1S/C19H16N4OS/c1-24-13-4-2-12(3-5-13)17-14(8-20)18(23)19(10-21,11-22)16-6-7-25-9-15(16)17/h2-6,14-15,17,23H,7,9H2,1H3/t14?,15-,17-/m0/s1. The second-order valence-electron chi connectivity index (χ2n) is 6.10. The number of fused-ring (bicyclic) bond motifs is 1. The Balaban J connectivity index is 2.16. The number of nitrogens with one attached hydrogen (secondary N) is 1. The Labute approximate surface area is 151 Å². The second-order valence-corrected chi connectivity index (χ2v) is 7.17. The molecule has 25 heavy (non-hydrogen) atoms. The molecule has 1 heterocycles. The fraction of sp³-hybridized carbons (Fsp3) is 0.368. The first-order chi connectivity index (χ1) is 12.1. The monoisotopic (exact) mass is 348 g/mol. The largest absolute Gasteiger partial charge is 0.497 e. The molecular weight excluding hydrogens is 332 g/mol. The van der Waals surface area contributed by atoms with Crippen molar-refractivity contribution in [3.63, 3.8) is 0 Å². The maximum absolute atomic E-state index is 9.75. The van der Waals surface area contributed by atoms with Crippen molar-refractivity contribution < 1.29 is 4.74 Å². The SMILES string of the molecule is COc1ccc([C@H]2C(C#N)C(=N)C(C#N)(C#N)C3=CCSC[C@@H]32)cc1. The molecule has 1 aromatic rings. The van der Waals surface area contributed by atoms with Gasteiger partial charge in [0, 0.05) is 23.3 Å². The number of ether oxygens (including phenoxy) is 1. The number of thioether (sulfide) groups is 1. The molecule has 1 fully saturated rings. The van der Waals surface area contributed by atoms with Crippen LogP contribution in [-0.2, 0) is 0 Å². The molecule has 1 aliphatic carbocycles. The summed E-state index contributed by atoms with van der Waals surface area (Å²) in [6.45, 7) is 0. The topological polar surface area (TPSA) is 104 Å². The highest BCUT2D eigenvalue weighted by molar-refractivity contribution is 7.99. The van der Waals surface area contributed by atoms with Gasteiger partial charge in [-0.25, -0.2) is 0 Å². The van der Waals surface area contributed by atoms with Crippen LogP contribution in [0.4, 0.5) is 0 Å². The van der Waals surface area contributed by atoms with Gasteiger partial charge in [-0.2, -0.15) is 27.5 Å². The van der Waals surface area contributed by atoms with Crippen molar-refractivity contribution in [2.45, 2.75) is 5.92 Å². The van der Waals surface area contributed by atoms with Crippen LogP contribution in [0.25, 0.3) is 0 Å². The summed E-state index contributed by atoms with van der Waals surface area (Å²) in [5, 5.41) is 37.6. The predicted octanol–water partition coefficient (Wildman–Crippen LogP) is 3.27. The minimum Gasteiger partial charge on any atom is -0.497 e. The lowest BCUT2D eigenvalue weighted by molar-refractivity contribution is 0.406. The smallest absolute Gasteiger partial charge is 0.203 e. The number of rotatable bonds is 2. The minimum atomic E-state index is -1.62. The summed E-state index contributed by atoms with van der Waals surface area (Å²) in [5.41, 5.74) is -0.0987. The van der Waals surface area contributed by atoms with Crippen LogP contribution in [0.5, 0.6) is 5.75 Å². The third kappa shape index (κ3) is 2.49. The molecule has 6 heteroatoms. The Morgan fingerprint density at radius 2 is 1.88 bits per heavy atom. The van der Waals surface area contributed by atoms with Gasteiger partial charge in [-0.15, -0.1) is 0 Å². The van der Waals surface area contributed by atoms with Crippen molar-refractivity contribution >= 4 is 17.5 Å². The number of nitrogens with zero attached hydrogens (tertiary/aromatic N) is 3. The molecule has 0 amide bonds. The first-order valence-electron chi connectivity index (χ1n) is 7.86. The van der Waals surface area contributed by atoms with Gasteiger partial charge in [0.15, 0.2) is 0 Å². The van der Waals surface area contributed by atoms with Gasteiger partial charge in [0.1, 0.15) is 5.75 Å². The van der Waals surface area contributed by atoms with Gasteiger partial charge in [0.05, 0.1) is 36.9 Å². The van der Waals surface area contributed by atoms with E-state index < -0.39 is 11.3 Å². The Morgan fingerprint density at radius 1 is 1.20 bits per heavy atom. The molecule has 1 saturated carbocycles. The van der Waals surface area contributed by atoms with Crippen molar-refractivity contribution in [3.8, 4) is 24.0 Å². The molecule has 2 aliphatic rings. The van der Waals surface area contributed by atoms with Gasteiger partial charge in [-0.3, -0.25) is 0 Å². The number of hydrogen-bond donors (Lipinski definition) is 1. The van der Waals surface area contributed by atoms with Crippen molar-refractivity contribution in [1.29, 1.82) is 21.2 Å². The second kappa shape index (κ2) is 6.63. The van der Waals surface area contributed by atoms with E-state index >= 15 is 0 Å². The van der Waals surface area contributed by atoms with Crippen LogP contribution in [0.2, 0.25) is 0 Å². The van der Waals surface area contributed by atoms with Gasteiger partial charge < -0.3 is 10.1 Å². The van der Waals surface area contributed by atoms with Crippen LogP contribution in [0, 0.1) is 56.7 Å². The molecular formula is C19H16N4OS. The Bertz CT molecular complexity index is 839. The lowest BCUT2D eigenvalue weighted by atomic mass is 9.56. The van der Waals surface area contributed by atoms with Crippen LogP contribution in [-0.4, -0.2) is 24.3 Å².